The highest BCUT2D eigenvalue weighted by molar-refractivity contribution is 5.97. The molecule has 0 heterocycles. The van der Waals surface area contributed by atoms with E-state index >= 15 is 0 Å². The van der Waals surface area contributed by atoms with Crippen molar-refractivity contribution in [3.63, 3.8) is 0 Å². The first kappa shape index (κ1) is 20.7. The Kier molecular flexibility index (Phi) is 5.87. The van der Waals surface area contributed by atoms with E-state index in [1.54, 1.807) is 0 Å². The molecule has 2 amide bonds. The molecule has 0 saturated heterocycles. The molecule has 0 aromatic heterocycles. The molecule has 4 N–H and O–H groups in total. The fourth-order valence-electron chi connectivity index (χ4n) is 2.25. The number of carbonyl (C=O) groups excluding carboxylic acids is 2. The normalized spacial score (nSPS) is 12.1. The smallest absolute Gasteiger partial charge is 0.368 e. The third-order valence-electron chi connectivity index (χ3n) is 3.72. The Labute approximate surface area is 156 Å². The summed E-state index contributed by atoms with van der Waals surface area (Å²) in [6.45, 7) is 1.38. The van der Waals surface area contributed by atoms with E-state index in [0.717, 1.165) is 6.07 Å². The number of alkyl halides is 3. The molecule has 2 rings (SSSR count). The number of anilines is 2. The minimum atomic E-state index is -4.73. The molecule has 8 nitrogen and oxygen atoms in total. The molecular formula is C17H15F3N4O4. The lowest BCUT2D eigenvalue weighted by Gasteiger charge is -2.16. The van der Waals surface area contributed by atoms with Gasteiger partial charge in [0.15, 0.2) is 0 Å². The lowest BCUT2D eigenvalue weighted by molar-refractivity contribution is -0.384. The van der Waals surface area contributed by atoms with E-state index in [-0.39, 0.29) is 11.3 Å². The van der Waals surface area contributed by atoms with E-state index in [9.17, 15) is 32.9 Å². The van der Waals surface area contributed by atoms with Crippen molar-refractivity contribution in [1.29, 1.82) is 0 Å². The Morgan fingerprint density at radius 1 is 1.14 bits per heavy atom. The summed E-state index contributed by atoms with van der Waals surface area (Å²) in [7, 11) is 0. The van der Waals surface area contributed by atoms with Gasteiger partial charge >= 0.3 is 6.18 Å². The van der Waals surface area contributed by atoms with Gasteiger partial charge in [-0.2, -0.15) is 13.2 Å². The van der Waals surface area contributed by atoms with Crippen molar-refractivity contribution in [3.8, 4) is 0 Å². The molecular weight excluding hydrogens is 381 g/mol. The highest BCUT2D eigenvalue weighted by atomic mass is 19.4. The van der Waals surface area contributed by atoms with Gasteiger partial charge in [0.2, 0.25) is 11.8 Å². The monoisotopic (exact) mass is 396 g/mol. The summed E-state index contributed by atoms with van der Waals surface area (Å²) < 4.78 is 38.2. The molecule has 28 heavy (non-hydrogen) atoms. The number of hydrogen-bond acceptors (Lipinski definition) is 5. The largest absolute Gasteiger partial charge is 0.416 e. The number of primary amides is 1. The first-order chi connectivity index (χ1) is 13.0. The maximum absolute atomic E-state index is 12.7. The van der Waals surface area contributed by atoms with Gasteiger partial charge in [-0.25, -0.2) is 0 Å². The average molecular weight is 396 g/mol. The molecule has 0 bridgehead atoms. The zero-order valence-electron chi connectivity index (χ0n) is 14.4. The van der Waals surface area contributed by atoms with Gasteiger partial charge in [0.05, 0.1) is 10.5 Å². The van der Waals surface area contributed by atoms with Crippen LogP contribution in [0, 0.1) is 10.1 Å². The molecule has 0 unspecified atom stereocenters. The minimum absolute atomic E-state index is 0.232. The Morgan fingerprint density at radius 2 is 1.75 bits per heavy atom. The van der Waals surface area contributed by atoms with Gasteiger partial charge < -0.3 is 16.4 Å². The molecule has 0 spiro atoms. The first-order valence-electron chi connectivity index (χ1n) is 7.82. The summed E-state index contributed by atoms with van der Waals surface area (Å²) in [5.41, 5.74) is 3.49. The van der Waals surface area contributed by atoms with E-state index in [0.29, 0.717) is 17.8 Å². The predicted octanol–water partition coefficient (Wildman–Crippen LogP) is 3.15. The molecule has 0 aliphatic heterocycles. The van der Waals surface area contributed by atoms with Crippen LogP contribution in [-0.2, 0) is 11.0 Å². The van der Waals surface area contributed by atoms with Crippen molar-refractivity contribution in [3.05, 3.63) is 63.7 Å². The fraction of sp³-hybridized carbons (Fsp3) is 0.176. The molecule has 1 atom stereocenters. The molecule has 0 aliphatic rings. The van der Waals surface area contributed by atoms with E-state index in [4.69, 9.17) is 5.73 Å². The molecule has 2 aromatic carbocycles. The zero-order chi connectivity index (χ0) is 21.1. The third-order valence-corrected chi connectivity index (χ3v) is 3.72. The van der Waals surface area contributed by atoms with E-state index in [1.807, 2.05) is 0 Å². The second kappa shape index (κ2) is 7.94. The molecule has 0 saturated carbocycles. The summed E-state index contributed by atoms with van der Waals surface area (Å²) in [4.78, 5) is 33.4. The summed E-state index contributed by atoms with van der Waals surface area (Å²) in [6, 6.07) is 6.64. The molecule has 2 aromatic rings. The molecule has 148 valence electrons. The number of nitro groups is 1. The van der Waals surface area contributed by atoms with Crippen molar-refractivity contribution in [1.82, 2.24) is 0 Å². The molecule has 0 aliphatic carbocycles. The standard InChI is InChI=1S/C17H15F3N4O4/c1-9(16(26)23-12-5-2-10(3-6-12)15(21)25)22-13-7-4-11(17(18,19)20)8-14(13)24(27)28/h2-9,22H,1H3,(H2,21,25)(H,23,26)/t9-/m0/s1. The summed E-state index contributed by atoms with van der Waals surface area (Å²) in [5.74, 6) is -1.23. The van der Waals surface area contributed by atoms with E-state index in [1.165, 1.54) is 31.2 Å². The van der Waals surface area contributed by atoms with Gasteiger partial charge in [0.1, 0.15) is 11.7 Å². The number of nitro benzene ring substituents is 1. The zero-order valence-corrected chi connectivity index (χ0v) is 14.4. The van der Waals surface area contributed by atoms with Crippen LogP contribution < -0.4 is 16.4 Å². The number of nitrogens with two attached hydrogens (primary N) is 1. The quantitative estimate of drug-likeness (QED) is 0.511. The van der Waals surface area contributed by atoms with Gasteiger partial charge in [-0.05, 0) is 43.3 Å². The van der Waals surface area contributed by atoms with Crippen LogP contribution >= 0.6 is 0 Å². The number of carbonyl (C=O) groups is 2. The number of amides is 2. The van der Waals surface area contributed by atoms with Gasteiger partial charge in [0.25, 0.3) is 5.69 Å². The predicted molar refractivity (Wildman–Crippen MR) is 94.8 cm³/mol. The number of hydrogen-bond donors (Lipinski definition) is 3. The number of nitrogens with zero attached hydrogens (tertiary/aromatic N) is 1. The van der Waals surface area contributed by atoms with Crippen LogP contribution in [0.2, 0.25) is 0 Å². The molecule has 11 heteroatoms. The van der Waals surface area contributed by atoms with Crippen LogP contribution in [0.4, 0.5) is 30.2 Å². The van der Waals surface area contributed by atoms with E-state index in [2.05, 4.69) is 10.6 Å². The summed E-state index contributed by atoms with van der Waals surface area (Å²) in [5, 5.41) is 16.1. The first-order valence-corrected chi connectivity index (χ1v) is 7.82. The Morgan fingerprint density at radius 3 is 2.25 bits per heavy atom. The topological polar surface area (TPSA) is 127 Å². The number of rotatable bonds is 6. The van der Waals surface area contributed by atoms with Gasteiger partial charge in [0, 0.05) is 17.3 Å². The highest BCUT2D eigenvalue weighted by Crippen LogP contribution is 2.35. The Hall–Kier alpha value is -3.63. The van der Waals surface area contributed by atoms with Crippen molar-refractivity contribution >= 4 is 28.9 Å². The number of halogens is 3. The van der Waals surface area contributed by atoms with Crippen molar-refractivity contribution < 1.29 is 27.7 Å². The van der Waals surface area contributed by atoms with Crippen LogP contribution in [0.1, 0.15) is 22.8 Å². The summed E-state index contributed by atoms with van der Waals surface area (Å²) >= 11 is 0. The number of benzene rings is 2. The van der Waals surface area contributed by atoms with Gasteiger partial charge in [-0.3, -0.25) is 19.7 Å². The highest BCUT2D eigenvalue weighted by Gasteiger charge is 2.33. The Bertz CT molecular complexity index is 914. The van der Waals surface area contributed by atoms with Crippen LogP contribution in [0.15, 0.2) is 42.5 Å². The molecule has 0 fully saturated rings. The van der Waals surface area contributed by atoms with Crippen LogP contribution in [0.5, 0.6) is 0 Å². The van der Waals surface area contributed by atoms with Crippen LogP contribution in [0.3, 0.4) is 0 Å². The SMILES string of the molecule is C[C@H](Nc1ccc(C(F)(F)F)cc1[N+](=O)[O-])C(=O)Nc1ccc(C(N)=O)cc1. The van der Waals surface area contributed by atoms with Crippen molar-refractivity contribution in [2.75, 3.05) is 10.6 Å². The number of nitrogens with one attached hydrogen (secondary N) is 2. The van der Waals surface area contributed by atoms with Crippen molar-refractivity contribution in [2.24, 2.45) is 5.73 Å². The Balaban J connectivity index is 2.14. The third kappa shape index (κ3) is 4.96. The van der Waals surface area contributed by atoms with E-state index < -0.39 is 40.2 Å². The lowest BCUT2D eigenvalue weighted by atomic mass is 10.1. The van der Waals surface area contributed by atoms with Crippen LogP contribution in [0.25, 0.3) is 0 Å². The van der Waals surface area contributed by atoms with Crippen LogP contribution in [-0.4, -0.2) is 22.8 Å². The van der Waals surface area contributed by atoms with Gasteiger partial charge in [-0.15, -0.1) is 0 Å². The fourth-order valence-corrected chi connectivity index (χ4v) is 2.25. The maximum atomic E-state index is 12.7. The summed E-state index contributed by atoms with van der Waals surface area (Å²) in [6.07, 6.45) is -4.73. The average Bonchev–Trinajstić information content (AvgIpc) is 2.61. The second-order valence-corrected chi connectivity index (χ2v) is 5.78. The minimum Gasteiger partial charge on any atom is -0.368 e. The second-order valence-electron chi connectivity index (χ2n) is 5.78. The lowest BCUT2D eigenvalue weighted by Crippen LogP contribution is -2.32. The van der Waals surface area contributed by atoms with Gasteiger partial charge in [-0.1, -0.05) is 0 Å². The maximum Gasteiger partial charge on any atom is 0.416 e. The molecule has 0 radical (unpaired) electrons. The van der Waals surface area contributed by atoms with Crippen molar-refractivity contribution in [2.45, 2.75) is 19.1 Å².